The molecule has 7 nitrogen and oxygen atoms in total. The molecule has 0 saturated heterocycles. The Morgan fingerprint density at radius 2 is 2.14 bits per heavy atom. The lowest BCUT2D eigenvalue weighted by Crippen LogP contribution is -2.47. The molecule has 0 aliphatic carbocycles. The lowest BCUT2D eigenvalue weighted by molar-refractivity contribution is -0.118. The van der Waals surface area contributed by atoms with Gasteiger partial charge in [-0.15, -0.1) is 0 Å². The maximum atomic E-state index is 12.4. The van der Waals surface area contributed by atoms with Crippen molar-refractivity contribution in [3.05, 3.63) is 53.5 Å². The van der Waals surface area contributed by atoms with Gasteiger partial charge in [-0.05, 0) is 6.07 Å². The zero-order valence-electron chi connectivity index (χ0n) is 11.8. The Balaban J connectivity index is 1.82. The van der Waals surface area contributed by atoms with Gasteiger partial charge in [0.25, 0.3) is 5.91 Å². The van der Waals surface area contributed by atoms with Gasteiger partial charge in [0.05, 0.1) is 24.0 Å². The van der Waals surface area contributed by atoms with E-state index in [1.807, 2.05) is 24.3 Å². The smallest absolute Gasteiger partial charge is 0.323 e. The number of ether oxygens (including phenoxy) is 1. The van der Waals surface area contributed by atoms with Crippen molar-refractivity contribution < 1.29 is 14.3 Å². The van der Waals surface area contributed by atoms with E-state index in [1.54, 1.807) is 0 Å². The third-order valence-corrected chi connectivity index (χ3v) is 3.59. The molecule has 1 unspecified atom stereocenters. The Hall–Kier alpha value is -2.96. The van der Waals surface area contributed by atoms with Gasteiger partial charge in [0.15, 0.2) is 0 Å². The second-order valence-corrected chi connectivity index (χ2v) is 5.05. The molecule has 3 amide bonds. The molecule has 7 heteroatoms. The molecule has 1 aromatic rings. The molecule has 1 atom stereocenters. The number of carbonyl (C=O) groups is 2. The maximum absolute atomic E-state index is 12.4. The van der Waals surface area contributed by atoms with E-state index in [1.165, 1.54) is 0 Å². The average Bonchev–Trinajstić information content (AvgIpc) is 2.51. The second kappa shape index (κ2) is 5.44. The van der Waals surface area contributed by atoms with Gasteiger partial charge in [-0.2, -0.15) is 0 Å². The third kappa shape index (κ3) is 2.48. The second-order valence-electron chi connectivity index (χ2n) is 5.05. The van der Waals surface area contributed by atoms with E-state index < -0.39 is 11.9 Å². The van der Waals surface area contributed by atoms with E-state index in [9.17, 15) is 9.59 Å². The van der Waals surface area contributed by atoms with Crippen LogP contribution in [0.4, 0.5) is 4.79 Å². The van der Waals surface area contributed by atoms with Crippen LogP contribution in [0.15, 0.2) is 47.9 Å². The summed E-state index contributed by atoms with van der Waals surface area (Å²) >= 11 is 0. The van der Waals surface area contributed by atoms with Gasteiger partial charge in [-0.25, -0.2) is 4.79 Å². The summed E-state index contributed by atoms with van der Waals surface area (Å²) in [6.07, 6.45) is 0.642. The predicted octanol–water partition coefficient (Wildman–Crippen LogP) is 0.623. The lowest BCUT2D eigenvalue weighted by atomic mass is 10.0. The Labute approximate surface area is 127 Å². The molecule has 0 aromatic heterocycles. The standard InChI is InChI=1S/C15H16N4O3/c1-8-12(16)13(19-15(21)17-8)14(20)18-10-6-7-22-11-5-3-2-4-9(10)11/h2-5,10H,1,6-7,16H2,(H,18,20)(H2,17,19,21). The van der Waals surface area contributed by atoms with Gasteiger partial charge in [0, 0.05) is 12.0 Å². The first-order valence-electron chi connectivity index (χ1n) is 6.86. The van der Waals surface area contributed by atoms with Crippen LogP contribution < -0.4 is 26.4 Å². The minimum atomic E-state index is -0.531. The largest absolute Gasteiger partial charge is 0.493 e. The van der Waals surface area contributed by atoms with E-state index in [4.69, 9.17) is 10.5 Å². The van der Waals surface area contributed by atoms with Crippen molar-refractivity contribution >= 4 is 11.9 Å². The molecule has 0 spiro atoms. The van der Waals surface area contributed by atoms with Crippen LogP contribution in [-0.2, 0) is 4.79 Å². The first-order valence-corrected chi connectivity index (χ1v) is 6.86. The van der Waals surface area contributed by atoms with Crippen molar-refractivity contribution in [3.8, 4) is 5.75 Å². The zero-order chi connectivity index (χ0) is 15.7. The summed E-state index contributed by atoms with van der Waals surface area (Å²) in [4.78, 5) is 23.9. The summed E-state index contributed by atoms with van der Waals surface area (Å²) in [5, 5.41) is 7.69. The monoisotopic (exact) mass is 300 g/mol. The van der Waals surface area contributed by atoms with Gasteiger partial charge in [0.2, 0.25) is 0 Å². The van der Waals surface area contributed by atoms with Gasteiger partial charge in [-0.3, -0.25) is 4.79 Å². The van der Waals surface area contributed by atoms with Crippen molar-refractivity contribution in [2.45, 2.75) is 12.5 Å². The summed E-state index contributed by atoms with van der Waals surface area (Å²) in [5.41, 5.74) is 7.05. The topological polar surface area (TPSA) is 105 Å². The third-order valence-electron chi connectivity index (χ3n) is 3.59. The molecule has 114 valence electrons. The molecule has 2 aliphatic rings. The van der Waals surface area contributed by atoms with E-state index >= 15 is 0 Å². The zero-order valence-corrected chi connectivity index (χ0v) is 11.8. The van der Waals surface area contributed by atoms with E-state index in [-0.39, 0.29) is 23.1 Å². The van der Waals surface area contributed by atoms with Crippen molar-refractivity contribution in [3.63, 3.8) is 0 Å². The first-order chi connectivity index (χ1) is 10.6. The number of carbonyl (C=O) groups excluding carboxylic acids is 2. The normalized spacial score (nSPS) is 20.5. The first kappa shape index (κ1) is 14.0. The van der Waals surface area contributed by atoms with E-state index in [2.05, 4.69) is 22.5 Å². The number of nitrogens with two attached hydrogens (primary N) is 1. The number of hydrogen-bond acceptors (Lipinski definition) is 4. The Bertz CT molecular complexity index is 696. The predicted molar refractivity (Wildman–Crippen MR) is 79.5 cm³/mol. The molecule has 3 rings (SSSR count). The van der Waals surface area contributed by atoms with Crippen LogP contribution in [0.5, 0.6) is 5.75 Å². The van der Waals surface area contributed by atoms with Gasteiger partial charge >= 0.3 is 6.03 Å². The fraction of sp³-hybridized carbons (Fsp3) is 0.200. The Morgan fingerprint density at radius 3 is 2.95 bits per heavy atom. The van der Waals surface area contributed by atoms with Gasteiger partial charge < -0.3 is 26.4 Å². The number of hydrogen-bond donors (Lipinski definition) is 4. The highest BCUT2D eigenvalue weighted by molar-refractivity contribution is 6.00. The van der Waals surface area contributed by atoms with Crippen molar-refractivity contribution in [1.82, 2.24) is 16.0 Å². The molecule has 0 radical (unpaired) electrons. The van der Waals surface area contributed by atoms with E-state index in [0.29, 0.717) is 13.0 Å². The van der Waals surface area contributed by atoms with Gasteiger partial charge in [-0.1, -0.05) is 24.8 Å². The Kier molecular flexibility index (Phi) is 3.46. The number of benzene rings is 1. The quantitative estimate of drug-likeness (QED) is 0.642. The molecule has 22 heavy (non-hydrogen) atoms. The number of nitrogens with one attached hydrogen (secondary N) is 3. The van der Waals surface area contributed by atoms with Crippen LogP contribution in [0.25, 0.3) is 0 Å². The fourth-order valence-corrected chi connectivity index (χ4v) is 2.47. The minimum absolute atomic E-state index is 0.0118. The highest BCUT2D eigenvalue weighted by Crippen LogP contribution is 2.31. The average molecular weight is 300 g/mol. The van der Waals surface area contributed by atoms with Crippen LogP contribution in [0.2, 0.25) is 0 Å². The number of para-hydroxylation sites is 1. The van der Waals surface area contributed by atoms with Crippen LogP contribution in [0.1, 0.15) is 18.0 Å². The van der Waals surface area contributed by atoms with E-state index in [0.717, 1.165) is 11.3 Å². The number of urea groups is 1. The summed E-state index contributed by atoms with van der Waals surface area (Å²) in [5.74, 6) is 0.301. The highest BCUT2D eigenvalue weighted by atomic mass is 16.5. The molecule has 0 saturated carbocycles. The number of fused-ring (bicyclic) bond motifs is 1. The highest BCUT2D eigenvalue weighted by Gasteiger charge is 2.28. The number of amides is 3. The minimum Gasteiger partial charge on any atom is -0.493 e. The fourth-order valence-electron chi connectivity index (χ4n) is 2.47. The summed E-state index contributed by atoms with van der Waals surface area (Å²) < 4.78 is 5.55. The van der Waals surface area contributed by atoms with Crippen LogP contribution >= 0.6 is 0 Å². The molecule has 0 fully saturated rings. The summed E-state index contributed by atoms with van der Waals surface area (Å²) in [6, 6.07) is 6.79. The molecule has 2 aliphatic heterocycles. The van der Waals surface area contributed by atoms with Crippen LogP contribution in [-0.4, -0.2) is 18.5 Å². The molecule has 1 aromatic carbocycles. The number of rotatable bonds is 2. The molecule has 2 heterocycles. The molecular formula is C15H16N4O3. The molecule has 5 N–H and O–H groups in total. The van der Waals surface area contributed by atoms with Crippen molar-refractivity contribution in [2.75, 3.05) is 6.61 Å². The SMILES string of the molecule is C=C1NC(=O)NC(C(=O)NC2CCOc3ccccc32)=C1N. The lowest BCUT2D eigenvalue weighted by Gasteiger charge is -2.28. The van der Waals surface area contributed by atoms with Crippen LogP contribution in [0, 0.1) is 0 Å². The van der Waals surface area contributed by atoms with Crippen LogP contribution in [0.3, 0.4) is 0 Å². The molecule has 0 bridgehead atoms. The maximum Gasteiger partial charge on any atom is 0.323 e. The summed E-state index contributed by atoms with van der Waals surface area (Å²) in [6.45, 7) is 4.12. The molecular weight excluding hydrogens is 284 g/mol. The van der Waals surface area contributed by atoms with Crippen molar-refractivity contribution in [2.24, 2.45) is 5.73 Å². The van der Waals surface area contributed by atoms with Gasteiger partial charge in [0.1, 0.15) is 11.4 Å². The summed E-state index contributed by atoms with van der Waals surface area (Å²) in [7, 11) is 0. The Morgan fingerprint density at radius 1 is 1.36 bits per heavy atom. The van der Waals surface area contributed by atoms with Crippen molar-refractivity contribution in [1.29, 1.82) is 0 Å².